The van der Waals surface area contributed by atoms with E-state index in [0.29, 0.717) is 17.7 Å². The largest absolute Gasteiger partial charge is 0.508 e. The fourth-order valence-corrected chi connectivity index (χ4v) is 3.77. The number of aliphatic carboxylic acids is 1. The van der Waals surface area contributed by atoms with Gasteiger partial charge < -0.3 is 42.6 Å². The summed E-state index contributed by atoms with van der Waals surface area (Å²) in [5.74, 6) is -4.38. The Bertz CT molecular complexity index is 1150. The first-order valence-corrected chi connectivity index (χ1v) is 12.8. The van der Waals surface area contributed by atoms with Crippen LogP contribution in [0.5, 0.6) is 5.75 Å². The maximum atomic E-state index is 13.5. The van der Waals surface area contributed by atoms with E-state index in [1.165, 1.54) is 24.7 Å². The van der Waals surface area contributed by atoms with Gasteiger partial charge in [-0.3, -0.25) is 19.2 Å². The zero-order valence-corrected chi connectivity index (χ0v) is 22.4. The molecule has 5 unspecified atom stereocenters. The molecule has 14 nitrogen and oxygen atoms in total. The summed E-state index contributed by atoms with van der Waals surface area (Å²) in [6.07, 6.45) is 2.95. The second-order valence-corrected chi connectivity index (χ2v) is 9.59. The SMILES string of the molecule is CCC(C)C(N)C(=O)NC(Cc1cnc[nH]1)C(=O)NC(Cc1ccc(O)cc1)C(=O)NC(CCC(N)=O)C(=O)O. The van der Waals surface area contributed by atoms with Crippen molar-refractivity contribution in [2.45, 2.75) is 70.1 Å². The summed E-state index contributed by atoms with van der Waals surface area (Å²) in [6, 6.07) is 1.14. The van der Waals surface area contributed by atoms with Crippen LogP contribution in [0.1, 0.15) is 44.4 Å². The lowest BCUT2D eigenvalue weighted by Gasteiger charge is -2.26. The standard InChI is InChI=1S/C26H37N7O7/c1-3-14(2)22(28)25(38)33-20(11-16-12-29-13-30-16)24(37)32-19(10-15-4-6-17(34)7-5-15)23(36)31-18(26(39)40)8-9-21(27)35/h4-7,12-14,18-20,22,34H,3,8-11,28H2,1-2H3,(H2,27,35)(H,29,30)(H,31,36)(H,32,37)(H,33,38)(H,39,40). The fraction of sp³-hybridized carbons (Fsp3) is 0.462. The van der Waals surface area contributed by atoms with Crippen LogP contribution in [0.2, 0.25) is 0 Å². The second kappa shape index (κ2) is 15.2. The van der Waals surface area contributed by atoms with Crippen LogP contribution in [-0.2, 0) is 36.8 Å². The predicted molar refractivity (Wildman–Crippen MR) is 143 cm³/mol. The summed E-state index contributed by atoms with van der Waals surface area (Å²) >= 11 is 0. The van der Waals surface area contributed by atoms with E-state index in [2.05, 4.69) is 25.9 Å². The predicted octanol–water partition coefficient (Wildman–Crippen LogP) is -0.922. The van der Waals surface area contributed by atoms with Crippen LogP contribution in [0.25, 0.3) is 0 Å². The lowest BCUT2D eigenvalue weighted by atomic mass is 9.98. The maximum absolute atomic E-state index is 13.5. The molecule has 0 saturated heterocycles. The molecule has 0 spiro atoms. The van der Waals surface area contributed by atoms with Gasteiger partial charge in [-0.05, 0) is 30.0 Å². The van der Waals surface area contributed by atoms with E-state index < -0.39 is 53.8 Å². The third kappa shape index (κ3) is 10.0. The number of nitrogens with two attached hydrogens (primary N) is 2. The van der Waals surface area contributed by atoms with Crippen LogP contribution >= 0.6 is 0 Å². The molecule has 1 aromatic carbocycles. The van der Waals surface area contributed by atoms with Gasteiger partial charge in [-0.1, -0.05) is 32.4 Å². The molecule has 1 heterocycles. The number of carboxylic acids is 1. The van der Waals surface area contributed by atoms with E-state index in [1.807, 2.05) is 13.8 Å². The molecule has 2 aromatic rings. The molecule has 0 bridgehead atoms. The number of imidazole rings is 1. The number of nitrogens with zero attached hydrogens (tertiary/aromatic N) is 1. The minimum Gasteiger partial charge on any atom is -0.508 e. The Hall–Kier alpha value is -4.46. The van der Waals surface area contributed by atoms with Gasteiger partial charge in [-0.2, -0.15) is 0 Å². The number of carbonyl (C=O) groups excluding carboxylic acids is 4. The summed E-state index contributed by atoms with van der Waals surface area (Å²) in [5, 5.41) is 26.7. The first-order chi connectivity index (χ1) is 18.9. The van der Waals surface area contributed by atoms with E-state index in [-0.39, 0.29) is 37.4 Å². The summed E-state index contributed by atoms with van der Waals surface area (Å²) in [5.41, 5.74) is 12.3. The summed E-state index contributed by atoms with van der Waals surface area (Å²) in [6.45, 7) is 3.69. The smallest absolute Gasteiger partial charge is 0.326 e. The number of primary amides is 1. The summed E-state index contributed by atoms with van der Waals surface area (Å²) in [4.78, 5) is 69.1. The highest BCUT2D eigenvalue weighted by Gasteiger charge is 2.31. The molecule has 0 saturated carbocycles. The number of rotatable bonds is 16. The number of carboxylic acid groups (broad SMARTS) is 1. The fourth-order valence-electron chi connectivity index (χ4n) is 3.77. The van der Waals surface area contributed by atoms with Crippen molar-refractivity contribution in [3.63, 3.8) is 0 Å². The van der Waals surface area contributed by atoms with Crippen molar-refractivity contribution < 1.29 is 34.2 Å². The van der Waals surface area contributed by atoms with Crippen LogP contribution < -0.4 is 27.4 Å². The quantitative estimate of drug-likeness (QED) is 0.127. The monoisotopic (exact) mass is 559 g/mol. The average molecular weight is 560 g/mol. The van der Waals surface area contributed by atoms with Crippen molar-refractivity contribution in [3.05, 3.63) is 48.0 Å². The van der Waals surface area contributed by atoms with Gasteiger partial charge in [0.1, 0.15) is 23.9 Å². The van der Waals surface area contributed by atoms with Crippen molar-refractivity contribution in [2.24, 2.45) is 17.4 Å². The molecule has 0 aliphatic rings. The molecule has 0 aliphatic heterocycles. The lowest BCUT2D eigenvalue weighted by molar-refractivity contribution is -0.142. The molecule has 1 aromatic heterocycles. The van der Waals surface area contributed by atoms with Crippen LogP contribution in [0.3, 0.4) is 0 Å². The molecule has 0 aliphatic carbocycles. The van der Waals surface area contributed by atoms with Crippen molar-refractivity contribution in [1.29, 1.82) is 0 Å². The first kappa shape index (κ1) is 31.8. The van der Waals surface area contributed by atoms with E-state index in [4.69, 9.17) is 11.5 Å². The molecule has 4 amide bonds. The van der Waals surface area contributed by atoms with Crippen molar-refractivity contribution in [2.75, 3.05) is 0 Å². The Morgan fingerprint density at radius 1 is 0.950 bits per heavy atom. The number of hydrogen-bond acceptors (Lipinski definition) is 8. The van der Waals surface area contributed by atoms with E-state index in [0.717, 1.165) is 0 Å². The van der Waals surface area contributed by atoms with Crippen molar-refractivity contribution >= 4 is 29.6 Å². The number of aromatic amines is 1. The number of phenols is 1. The Balaban J connectivity index is 2.30. The Kier molecular flexibility index (Phi) is 12.1. The molecular weight excluding hydrogens is 522 g/mol. The third-order valence-electron chi connectivity index (χ3n) is 6.47. The number of H-pyrrole nitrogens is 1. The first-order valence-electron chi connectivity index (χ1n) is 12.8. The van der Waals surface area contributed by atoms with Gasteiger partial charge in [-0.15, -0.1) is 0 Å². The van der Waals surface area contributed by atoms with Gasteiger partial charge in [0.2, 0.25) is 23.6 Å². The Morgan fingerprint density at radius 2 is 1.52 bits per heavy atom. The van der Waals surface area contributed by atoms with Gasteiger partial charge >= 0.3 is 5.97 Å². The lowest BCUT2D eigenvalue weighted by Crippen LogP contribution is -2.58. The van der Waals surface area contributed by atoms with E-state index >= 15 is 0 Å². The van der Waals surface area contributed by atoms with E-state index in [1.54, 1.807) is 12.1 Å². The summed E-state index contributed by atoms with van der Waals surface area (Å²) < 4.78 is 0. The average Bonchev–Trinajstić information content (AvgIpc) is 3.43. The molecule has 218 valence electrons. The molecule has 2 rings (SSSR count). The number of benzene rings is 1. The maximum Gasteiger partial charge on any atom is 0.326 e. The number of nitrogens with one attached hydrogen (secondary N) is 4. The normalized spacial score (nSPS) is 14.7. The number of amides is 4. The van der Waals surface area contributed by atoms with Crippen LogP contribution in [0.4, 0.5) is 0 Å². The number of aromatic hydroxyl groups is 1. The zero-order valence-electron chi connectivity index (χ0n) is 22.4. The van der Waals surface area contributed by atoms with Crippen molar-refractivity contribution in [1.82, 2.24) is 25.9 Å². The van der Waals surface area contributed by atoms with Crippen LogP contribution in [0.15, 0.2) is 36.8 Å². The number of aromatic nitrogens is 2. The number of hydrogen-bond donors (Lipinski definition) is 8. The number of phenolic OH excluding ortho intramolecular Hbond substituents is 1. The highest BCUT2D eigenvalue weighted by atomic mass is 16.4. The van der Waals surface area contributed by atoms with Gasteiger partial charge in [0.25, 0.3) is 0 Å². The molecule has 0 radical (unpaired) electrons. The second-order valence-electron chi connectivity index (χ2n) is 9.59. The van der Waals surface area contributed by atoms with Crippen LogP contribution in [-0.4, -0.2) is 73.9 Å². The zero-order chi connectivity index (χ0) is 29.8. The molecule has 40 heavy (non-hydrogen) atoms. The molecule has 10 N–H and O–H groups in total. The molecule has 5 atom stereocenters. The van der Waals surface area contributed by atoms with E-state index in [9.17, 15) is 34.2 Å². The van der Waals surface area contributed by atoms with Gasteiger partial charge in [0.05, 0.1) is 12.4 Å². The third-order valence-corrected chi connectivity index (χ3v) is 6.47. The van der Waals surface area contributed by atoms with Crippen LogP contribution in [0, 0.1) is 5.92 Å². The molecular formula is C26H37N7O7. The molecule has 14 heteroatoms. The topological polar surface area (TPSA) is 243 Å². The van der Waals surface area contributed by atoms with Gasteiger partial charge in [-0.25, -0.2) is 9.78 Å². The number of carbonyl (C=O) groups is 5. The Morgan fingerprint density at radius 3 is 2.05 bits per heavy atom. The van der Waals surface area contributed by atoms with Gasteiger partial charge in [0.15, 0.2) is 0 Å². The minimum atomic E-state index is -1.44. The van der Waals surface area contributed by atoms with Gasteiger partial charge in [0, 0.05) is 31.2 Å². The molecule has 0 fully saturated rings. The highest BCUT2D eigenvalue weighted by molar-refractivity contribution is 5.94. The van der Waals surface area contributed by atoms with Crippen molar-refractivity contribution in [3.8, 4) is 5.75 Å². The summed E-state index contributed by atoms with van der Waals surface area (Å²) in [7, 11) is 0. The Labute approximate surface area is 231 Å². The highest BCUT2D eigenvalue weighted by Crippen LogP contribution is 2.13. The minimum absolute atomic E-state index is 0.00819.